The topological polar surface area (TPSA) is 70.7 Å². The third kappa shape index (κ3) is 3.39. The number of benzene rings is 2. The van der Waals surface area contributed by atoms with Gasteiger partial charge in [-0.15, -0.1) is 0 Å². The third-order valence-electron chi connectivity index (χ3n) is 7.36. The van der Waals surface area contributed by atoms with E-state index in [0.29, 0.717) is 22.9 Å². The molecule has 160 valence electrons. The first-order valence-corrected chi connectivity index (χ1v) is 11.3. The number of rotatable bonds is 2. The fourth-order valence-corrected chi connectivity index (χ4v) is 5.25. The first-order chi connectivity index (χ1) is 15.1. The van der Waals surface area contributed by atoms with Crippen LogP contribution in [0.25, 0.3) is 0 Å². The minimum absolute atomic E-state index is 0.0208. The van der Waals surface area contributed by atoms with Crippen molar-refractivity contribution in [1.82, 2.24) is 10.2 Å². The predicted octanol–water partition coefficient (Wildman–Crippen LogP) is 3.12. The molecule has 6 rings (SSSR count). The molecule has 0 bridgehead atoms. The van der Waals surface area contributed by atoms with Crippen LogP contribution in [0.5, 0.6) is 5.75 Å². The molecule has 1 spiro atoms. The predicted molar refractivity (Wildman–Crippen MR) is 117 cm³/mol. The second kappa shape index (κ2) is 7.09. The van der Waals surface area contributed by atoms with Crippen LogP contribution in [-0.2, 0) is 17.8 Å². The maximum Gasteiger partial charge on any atom is 0.265 e. The number of amides is 2. The quantitative estimate of drug-likeness (QED) is 0.788. The lowest BCUT2D eigenvalue weighted by Gasteiger charge is -2.45. The van der Waals surface area contributed by atoms with Crippen molar-refractivity contribution in [1.29, 1.82) is 0 Å². The van der Waals surface area contributed by atoms with Crippen molar-refractivity contribution in [3.05, 3.63) is 59.2 Å². The fourth-order valence-electron chi connectivity index (χ4n) is 5.25. The summed E-state index contributed by atoms with van der Waals surface area (Å²) in [5.41, 5.74) is 4.10. The van der Waals surface area contributed by atoms with Crippen LogP contribution in [-0.4, -0.2) is 41.4 Å². The molecular weight excluding hydrogens is 390 g/mol. The van der Waals surface area contributed by atoms with E-state index in [2.05, 4.69) is 34.9 Å². The molecule has 1 atom stereocenters. The number of anilines is 1. The van der Waals surface area contributed by atoms with E-state index >= 15 is 0 Å². The van der Waals surface area contributed by atoms with Gasteiger partial charge in [-0.25, -0.2) is 0 Å². The average molecular weight is 418 g/mol. The van der Waals surface area contributed by atoms with E-state index in [9.17, 15) is 9.59 Å². The van der Waals surface area contributed by atoms with Crippen LogP contribution in [0.1, 0.15) is 47.2 Å². The first-order valence-electron chi connectivity index (χ1n) is 11.3. The SMILES string of the molecule is O=C1Nc2cc(C(=O)N3CCC4(CC3)Cc3ccccc3CN4)ccc2OC1C1CC1. The Balaban J connectivity index is 1.14. The minimum atomic E-state index is -0.388. The molecule has 2 amide bonds. The van der Waals surface area contributed by atoms with Gasteiger partial charge >= 0.3 is 0 Å². The lowest BCUT2D eigenvalue weighted by atomic mass is 9.78. The van der Waals surface area contributed by atoms with Gasteiger partial charge in [0.2, 0.25) is 0 Å². The minimum Gasteiger partial charge on any atom is -0.478 e. The lowest BCUT2D eigenvalue weighted by Crippen LogP contribution is -2.57. The van der Waals surface area contributed by atoms with Gasteiger partial charge in [-0.05, 0) is 61.4 Å². The Morgan fingerprint density at radius 1 is 1.06 bits per heavy atom. The summed E-state index contributed by atoms with van der Waals surface area (Å²) in [6, 6.07) is 14.0. The number of likely N-dealkylation sites (tertiary alicyclic amines) is 1. The molecule has 2 aromatic carbocycles. The molecule has 1 saturated carbocycles. The van der Waals surface area contributed by atoms with Gasteiger partial charge in [0.25, 0.3) is 11.8 Å². The Morgan fingerprint density at radius 3 is 2.61 bits per heavy atom. The summed E-state index contributed by atoms with van der Waals surface area (Å²) in [5.74, 6) is 0.918. The van der Waals surface area contributed by atoms with Gasteiger partial charge in [0.15, 0.2) is 6.10 Å². The molecule has 2 aromatic rings. The number of ether oxygens (including phenoxy) is 1. The Hall–Kier alpha value is -2.86. The molecule has 3 heterocycles. The standard InChI is InChI=1S/C25H27N3O3/c29-23-22(16-5-6-16)31-21-8-7-17(13-20(21)27-23)24(30)28-11-9-25(10-12-28)14-18-3-1-2-4-19(18)15-26-25/h1-4,7-8,13,16,22,26H,5-6,9-12,14-15H2,(H,27,29). The van der Waals surface area contributed by atoms with Crippen molar-refractivity contribution in [2.24, 2.45) is 5.92 Å². The molecular formula is C25H27N3O3. The summed E-state index contributed by atoms with van der Waals surface area (Å²) in [7, 11) is 0. The Kier molecular flexibility index (Phi) is 4.32. The van der Waals surface area contributed by atoms with Crippen LogP contribution >= 0.6 is 0 Å². The highest BCUT2D eigenvalue weighted by atomic mass is 16.5. The van der Waals surface area contributed by atoms with Crippen LogP contribution in [0, 0.1) is 5.92 Å². The van der Waals surface area contributed by atoms with Crippen molar-refractivity contribution in [3.63, 3.8) is 0 Å². The summed E-state index contributed by atoms with van der Waals surface area (Å²) < 4.78 is 5.91. The highest BCUT2D eigenvalue weighted by molar-refractivity contribution is 6.01. The number of piperidine rings is 1. The summed E-state index contributed by atoms with van der Waals surface area (Å²) in [5, 5.41) is 6.69. The number of carbonyl (C=O) groups excluding carboxylic acids is 2. The van der Waals surface area contributed by atoms with Crippen LogP contribution in [0.15, 0.2) is 42.5 Å². The number of nitrogens with one attached hydrogen (secondary N) is 2. The maximum absolute atomic E-state index is 13.2. The molecule has 4 aliphatic rings. The normalized spacial score (nSPS) is 24.1. The van der Waals surface area contributed by atoms with E-state index in [4.69, 9.17) is 4.74 Å². The Morgan fingerprint density at radius 2 is 1.84 bits per heavy atom. The highest BCUT2D eigenvalue weighted by Gasteiger charge is 2.41. The molecule has 31 heavy (non-hydrogen) atoms. The van der Waals surface area contributed by atoms with Gasteiger partial charge < -0.3 is 20.3 Å². The molecule has 0 radical (unpaired) electrons. The smallest absolute Gasteiger partial charge is 0.265 e. The second-order valence-electron chi connectivity index (χ2n) is 9.45. The second-order valence-corrected chi connectivity index (χ2v) is 9.45. The van der Waals surface area contributed by atoms with E-state index in [0.717, 1.165) is 51.7 Å². The van der Waals surface area contributed by atoms with Crippen molar-refractivity contribution >= 4 is 17.5 Å². The molecule has 1 unspecified atom stereocenters. The van der Waals surface area contributed by atoms with Crippen LogP contribution in [0.2, 0.25) is 0 Å². The summed E-state index contributed by atoms with van der Waals surface area (Å²) in [6.07, 6.45) is 4.61. The Labute approximate surface area is 182 Å². The largest absolute Gasteiger partial charge is 0.478 e. The molecule has 6 nitrogen and oxygen atoms in total. The highest BCUT2D eigenvalue weighted by Crippen LogP contribution is 2.40. The first kappa shape index (κ1) is 18.9. The van der Waals surface area contributed by atoms with Crippen molar-refractivity contribution in [2.75, 3.05) is 18.4 Å². The zero-order valence-corrected chi connectivity index (χ0v) is 17.5. The average Bonchev–Trinajstić information content (AvgIpc) is 3.63. The Bertz CT molecular complexity index is 1050. The number of nitrogens with zero attached hydrogens (tertiary/aromatic N) is 1. The van der Waals surface area contributed by atoms with E-state index < -0.39 is 0 Å². The summed E-state index contributed by atoms with van der Waals surface area (Å²) in [6.45, 7) is 2.37. The van der Waals surface area contributed by atoms with Gasteiger partial charge in [-0.2, -0.15) is 0 Å². The molecule has 6 heteroatoms. The zero-order valence-electron chi connectivity index (χ0n) is 17.5. The fraction of sp³-hybridized carbons (Fsp3) is 0.440. The van der Waals surface area contributed by atoms with Gasteiger partial charge in [0.05, 0.1) is 5.69 Å². The third-order valence-corrected chi connectivity index (χ3v) is 7.36. The lowest BCUT2D eigenvalue weighted by molar-refractivity contribution is -0.124. The van der Waals surface area contributed by atoms with E-state index in [1.165, 1.54) is 11.1 Å². The number of hydrogen-bond donors (Lipinski definition) is 2. The number of hydrogen-bond acceptors (Lipinski definition) is 4. The van der Waals surface area contributed by atoms with Crippen LogP contribution in [0.4, 0.5) is 5.69 Å². The molecule has 1 saturated heterocycles. The van der Waals surface area contributed by atoms with Gasteiger partial charge in [0.1, 0.15) is 5.75 Å². The molecule has 0 aromatic heterocycles. The van der Waals surface area contributed by atoms with Crippen molar-refractivity contribution in [2.45, 2.75) is 50.3 Å². The van der Waals surface area contributed by atoms with Gasteiger partial charge in [-0.1, -0.05) is 24.3 Å². The van der Waals surface area contributed by atoms with E-state index in [-0.39, 0.29) is 23.5 Å². The maximum atomic E-state index is 13.2. The molecule has 2 N–H and O–H groups in total. The summed E-state index contributed by atoms with van der Waals surface area (Å²) >= 11 is 0. The van der Waals surface area contributed by atoms with E-state index in [1.54, 1.807) is 6.07 Å². The molecule has 2 fully saturated rings. The monoisotopic (exact) mass is 417 g/mol. The van der Waals surface area contributed by atoms with E-state index in [1.807, 2.05) is 17.0 Å². The van der Waals surface area contributed by atoms with Crippen LogP contribution in [0.3, 0.4) is 0 Å². The number of fused-ring (bicyclic) bond motifs is 2. The van der Waals surface area contributed by atoms with Crippen molar-refractivity contribution in [3.8, 4) is 5.75 Å². The van der Waals surface area contributed by atoms with Crippen molar-refractivity contribution < 1.29 is 14.3 Å². The van der Waals surface area contributed by atoms with Crippen LogP contribution < -0.4 is 15.4 Å². The molecule has 1 aliphatic carbocycles. The van der Waals surface area contributed by atoms with Gasteiger partial charge in [-0.3, -0.25) is 9.59 Å². The zero-order chi connectivity index (χ0) is 21.0. The molecule has 3 aliphatic heterocycles. The number of carbonyl (C=O) groups is 2. The summed E-state index contributed by atoms with van der Waals surface area (Å²) in [4.78, 5) is 27.5. The van der Waals surface area contributed by atoms with Gasteiger partial charge in [0, 0.05) is 36.7 Å².